The van der Waals surface area contributed by atoms with E-state index in [4.69, 9.17) is 16.3 Å². The highest BCUT2D eigenvalue weighted by molar-refractivity contribution is 6.32. The van der Waals surface area contributed by atoms with Crippen LogP contribution in [0.15, 0.2) is 24.3 Å². The summed E-state index contributed by atoms with van der Waals surface area (Å²) in [5, 5.41) is 2.36. The minimum absolute atomic E-state index is 0.0162. The van der Waals surface area contributed by atoms with E-state index in [2.05, 4.69) is 10.3 Å². The van der Waals surface area contributed by atoms with Gasteiger partial charge in [0, 0.05) is 5.69 Å². The van der Waals surface area contributed by atoms with Crippen LogP contribution in [0.5, 0.6) is 0 Å². The van der Waals surface area contributed by atoms with Crippen LogP contribution in [0.4, 0.5) is 10.1 Å². The highest BCUT2D eigenvalue weighted by atomic mass is 35.5. The van der Waals surface area contributed by atoms with Gasteiger partial charge in [0.25, 0.3) is 5.91 Å². The van der Waals surface area contributed by atoms with Crippen molar-refractivity contribution in [2.24, 2.45) is 0 Å². The summed E-state index contributed by atoms with van der Waals surface area (Å²) in [6.07, 6.45) is 0. The number of aryl methyl sites for hydroxylation is 3. The molecule has 1 heterocycles. The summed E-state index contributed by atoms with van der Waals surface area (Å²) >= 11 is 5.95. The second kappa shape index (κ2) is 7.40. The summed E-state index contributed by atoms with van der Waals surface area (Å²) in [4.78, 5) is 27.9. The van der Waals surface area contributed by atoms with E-state index in [1.54, 1.807) is 32.9 Å². The fourth-order valence-corrected chi connectivity index (χ4v) is 2.51. The van der Waals surface area contributed by atoms with E-state index in [9.17, 15) is 14.0 Å². The number of benzene rings is 1. The van der Waals surface area contributed by atoms with E-state index >= 15 is 0 Å². The number of hydrogen-bond acceptors (Lipinski definition) is 4. The predicted molar refractivity (Wildman–Crippen MR) is 88.8 cm³/mol. The fraction of sp³-hybridized carbons (Fsp3) is 0.235. The Morgan fingerprint density at radius 1 is 1.25 bits per heavy atom. The lowest BCUT2D eigenvalue weighted by molar-refractivity contribution is -0.119. The highest BCUT2D eigenvalue weighted by Gasteiger charge is 2.18. The first-order valence-corrected chi connectivity index (χ1v) is 7.52. The molecule has 1 aromatic carbocycles. The lowest BCUT2D eigenvalue weighted by Gasteiger charge is -2.10. The Morgan fingerprint density at radius 2 is 1.96 bits per heavy atom. The van der Waals surface area contributed by atoms with Crippen LogP contribution < -0.4 is 5.32 Å². The van der Waals surface area contributed by atoms with Gasteiger partial charge >= 0.3 is 5.97 Å². The Bertz CT molecular complexity index is 785. The number of rotatable bonds is 4. The van der Waals surface area contributed by atoms with Gasteiger partial charge in [-0.15, -0.1) is 0 Å². The number of esters is 1. The van der Waals surface area contributed by atoms with Gasteiger partial charge in [0.2, 0.25) is 0 Å². The van der Waals surface area contributed by atoms with Crippen LogP contribution in [0.3, 0.4) is 0 Å². The summed E-state index contributed by atoms with van der Waals surface area (Å²) in [6, 6.07) is 6.08. The number of nitrogens with zero attached hydrogens (tertiary/aromatic N) is 1. The Morgan fingerprint density at radius 3 is 2.58 bits per heavy atom. The van der Waals surface area contributed by atoms with Crippen molar-refractivity contribution in [3.05, 3.63) is 57.6 Å². The van der Waals surface area contributed by atoms with Crippen LogP contribution in [0.2, 0.25) is 5.15 Å². The van der Waals surface area contributed by atoms with Gasteiger partial charge < -0.3 is 10.1 Å². The fourth-order valence-electron chi connectivity index (χ4n) is 2.15. The van der Waals surface area contributed by atoms with Gasteiger partial charge in [-0.1, -0.05) is 17.7 Å². The molecule has 0 spiro atoms. The van der Waals surface area contributed by atoms with Gasteiger partial charge in [-0.3, -0.25) is 4.79 Å². The number of hydrogen-bond donors (Lipinski definition) is 1. The predicted octanol–water partition coefficient (Wildman–Crippen LogP) is 3.59. The van der Waals surface area contributed by atoms with Crippen molar-refractivity contribution in [2.75, 3.05) is 11.9 Å². The Labute approximate surface area is 143 Å². The van der Waals surface area contributed by atoms with Crippen molar-refractivity contribution in [3.8, 4) is 0 Å². The van der Waals surface area contributed by atoms with E-state index < -0.39 is 24.3 Å². The summed E-state index contributed by atoms with van der Waals surface area (Å²) in [5.74, 6) is -1.97. The van der Waals surface area contributed by atoms with Crippen molar-refractivity contribution in [2.45, 2.75) is 20.8 Å². The van der Waals surface area contributed by atoms with E-state index in [0.717, 1.165) is 5.56 Å². The monoisotopic (exact) mass is 350 g/mol. The molecule has 126 valence electrons. The molecule has 5 nitrogen and oxygen atoms in total. The van der Waals surface area contributed by atoms with Crippen LogP contribution in [0.25, 0.3) is 0 Å². The third-order valence-electron chi connectivity index (χ3n) is 3.24. The van der Waals surface area contributed by atoms with Crippen LogP contribution in [0.1, 0.15) is 27.2 Å². The molecule has 24 heavy (non-hydrogen) atoms. The molecule has 0 radical (unpaired) electrons. The molecular weight excluding hydrogens is 335 g/mol. The highest BCUT2D eigenvalue weighted by Crippen LogP contribution is 2.20. The van der Waals surface area contributed by atoms with Crippen LogP contribution in [-0.4, -0.2) is 23.5 Å². The van der Waals surface area contributed by atoms with Gasteiger partial charge in [-0.2, -0.15) is 0 Å². The summed E-state index contributed by atoms with van der Waals surface area (Å²) < 4.78 is 18.6. The zero-order valence-corrected chi connectivity index (χ0v) is 14.2. The third kappa shape index (κ3) is 4.29. The Kier molecular flexibility index (Phi) is 5.51. The molecule has 1 aromatic heterocycles. The minimum Gasteiger partial charge on any atom is -0.452 e. The van der Waals surface area contributed by atoms with E-state index in [1.165, 1.54) is 12.1 Å². The summed E-state index contributed by atoms with van der Waals surface area (Å²) in [6.45, 7) is 4.62. The minimum atomic E-state index is -0.760. The molecule has 1 amide bonds. The van der Waals surface area contributed by atoms with E-state index in [1.807, 2.05) is 0 Å². The third-order valence-corrected chi connectivity index (χ3v) is 3.51. The smallest absolute Gasteiger partial charge is 0.342 e. The van der Waals surface area contributed by atoms with Gasteiger partial charge in [0.15, 0.2) is 6.61 Å². The number of halogens is 2. The topological polar surface area (TPSA) is 68.3 Å². The number of nitrogens with one attached hydrogen (secondary N) is 1. The number of amides is 1. The normalized spacial score (nSPS) is 10.4. The molecule has 2 aromatic rings. The average molecular weight is 351 g/mol. The number of aromatic nitrogens is 1. The molecule has 0 saturated carbocycles. The van der Waals surface area contributed by atoms with Crippen molar-refractivity contribution >= 4 is 29.2 Å². The standard InChI is InChI=1S/C17H16ClFN2O3/c1-9-4-5-13(12(19)6-9)21-14(22)8-24-17(23)15-10(2)7-11(3)20-16(15)18/h4-7H,8H2,1-3H3,(H,21,22). The molecule has 0 fully saturated rings. The van der Waals surface area contributed by atoms with Crippen molar-refractivity contribution in [3.63, 3.8) is 0 Å². The van der Waals surface area contributed by atoms with E-state index in [-0.39, 0.29) is 16.4 Å². The Balaban J connectivity index is 2.00. The molecule has 1 N–H and O–H groups in total. The lowest BCUT2D eigenvalue weighted by atomic mass is 10.1. The molecule has 0 unspecified atom stereocenters. The molecule has 0 atom stereocenters. The van der Waals surface area contributed by atoms with Crippen molar-refractivity contribution < 1.29 is 18.7 Å². The molecule has 0 aliphatic heterocycles. The second-order valence-corrected chi connectivity index (χ2v) is 5.71. The molecule has 7 heteroatoms. The SMILES string of the molecule is Cc1ccc(NC(=O)COC(=O)c2c(C)cc(C)nc2Cl)c(F)c1. The quantitative estimate of drug-likeness (QED) is 0.675. The number of carbonyl (C=O) groups is 2. The van der Waals surface area contributed by atoms with Gasteiger partial charge in [0.1, 0.15) is 11.0 Å². The second-order valence-electron chi connectivity index (χ2n) is 5.35. The first-order valence-electron chi connectivity index (χ1n) is 7.15. The van der Waals surface area contributed by atoms with Crippen LogP contribution in [-0.2, 0) is 9.53 Å². The van der Waals surface area contributed by atoms with Crippen LogP contribution >= 0.6 is 11.6 Å². The number of ether oxygens (including phenoxy) is 1. The first kappa shape index (κ1) is 17.9. The van der Waals surface area contributed by atoms with Gasteiger partial charge in [-0.05, 0) is 50.1 Å². The Hall–Kier alpha value is -2.47. The largest absolute Gasteiger partial charge is 0.452 e. The zero-order chi connectivity index (χ0) is 17.9. The maximum Gasteiger partial charge on any atom is 0.342 e. The number of carbonyl (C=O) groups excluding carboxylic acids is 2. The number of anilines is 1. The van der Waals surface area contributed by atoms with Crippen LogP contribution in [0, 0.1) is 26.6 Å². The average Bonchev–Trinajstić information content (AvgIpc) is 2.47. The van der Waals surface area contributed by atoms with E-state index in [0.29, 0.717) is 11.3 Å². The molecular formula is C17H16ClFN2O3. The zero-order valence-electron chi connectivity index (χ0n) is 13.4. The molecule has 0 aliphatic rings. The van der Waals surface area contributed by atoms with Crippen molar-refractivity contribution in [1.29, 1.82) is 0 Å². The molecule has 0 aliphatic carbocycles. The number of pyridine rings is 1. The van der Waals surface area contributed by atoms with Gasteiger partial charge in [0.05, 0.1) is 11.3 Å². The summed E-state index contributed by atoms with van der Waals surface area (Å²) in [5.41, 5.74) is 2.13. The molecule has 0 saturated heterocycles. The molecule has 0 bridgehead atoms. The summed E-state index contributed by atoms with van der Waals surface area (Å²) in [7, 11) is 0. The maximum absolute atomic E-state index is 13.7. The molecule has 2 rings (SSSR count). The first-order chi connectivity index (χ1) is 11.3. The van der Waals surface area contributed by atoms with Crippen molar-refractivity contribution in [1.82, 2.24) is 4.98 Å². The maximum atomic E-state index is 13.7. The van der Waals surface area contributed by atoms with Gasteiger partial charge in [-0.25, -0.2) is 14.2 Å². The lowest BCUT2D eigenvalue weighted by Crippen LogP contribution is -2.22.